The van der Waals surface area contributed by atoms with Gasteiger partial charge in [0.2, 0.25) is 0 Å². The molecule has 0 radical (unpaired) electrons. The first-order valence-corrected chi connectivity index (χ1v) is 11.8. The van der Waals surface area contributed by atoms with E-state index in [2.05, 4.69) is 4.98 Å². The SMILES string of the molecule is CO[C@@H]1[C@H](O[Si](C)(C)C(C)(C)C)[C@@H](C(O)C(=O)O)O[C@H]1n1ccc(=O)[nH]c1=O. The van der Waals surface area contributed by atoms with Crippen LogP contribution in [-0.4, -0.2) is 65.6 Å². The molecule has 0 spiro atoms. The molecule has 0 saturated carbocycles. The summed E-state index contributed by atoms with van der Waals surface area (Å²) < 4.78 is 18.7. The molecule has 5 atom stereocenters. The molecule has 0 aromatic carbocycles. The van der Waals surface area contributed by atoms with E-state index >= 15 is 0 Å². The first-order valence-electron chi connectivity index (χ1n) is 8.88. The van der Waals surface area contributed by atoms with Gasteiger partial charge in [-0.25, -0.2) is 9.59 Å². The number of nitrogens with one attached hydrogen (secondary N) is 1. The highest BCUT2D eigenvalue weighted by Crippen LogP contribution is 2.42. The van der Waals surface area contributed by atoms with Gasteiger partial charge in [0.05, 0.1) is 0 Å². The number of aromatic amines is 1. The average molecular weight is 417 g/mol. The van der Waals surface area contributed by atoms with Crippen molar-refractivity contribution < 1.29 is 28.9 Å². The van der Waals surface area contributed by atoms with Crippen LogP contribution in [0.15, 0.2) is 21.9 Å². The zero-order valence-electron chi connectivity index (χ0n) is 16.8. The summed E-state index contributed by atoms with van der Waals surface area (Å²) in [4.78, 5) is 37.1. The van der Waals surface area contributed by atoms with Crippen LogP contribution in [0.3, 0.4) is 0 Å². The Kier molecular flexibility index (Phi) is 6.36. The normalized spacial score (nSPS) is 27.0. The van der Waals surface area contributed by atoms with Crippen LogP contribution >= 0.6 is 0 Å². The second-order valence-electron chi connectivity index (χ2n) is 8.33. The minimum absolute atomic E-state index is 0.197. The Hall–Kier alpha value is -1.79. The van der Waals surface area contributed by atoms with Gasteiger partial charge >= 0.3 is 11.7 Å². The summed E-state index contributed by atoms with van der Waals surface area (Å²) in [7, 11) is -1.03. The van der Waals surface area contributed by atoms with Crippen molar-refractivity contribution >= 4 is 14.3 Å². The fraction of sp³-hybridized carbons (Fsp3) is 0.706. The first-order chi connectivity index (χ1) is 12.8. The molecule has 2 heterocycles. The standard InChI is InChI=1S/C17H28N2O8Si/c1-17(2,3)28(5,6)27-12-11(10(21)15(22)23)26-14(13(12)25-4)19-8-7-9(20)18-16(19)24/h7-8,10-14,21H,1-6H3,(H,22,23)(H,18,20,24)/t10?,11-,12-,13-,14-/m1/s1. The lowest BCUT2D eigenvalue weighted by molar-refractivity contribution is -0.160. The van der Waals surface area contributed by atoms with Gasteiger partial charge in [0.1, 0.15) is 18.3 Å². The minimum Gasteiger partial charge on any atom is -0.479 e. The number of rotatable bonds is 6. The van der Waals surface area contributed by atoms with Gasteiger partial charge in [-0.2, -0.15) is 0 Å². The Morgan fingerprint density at radius 3 is 2.39 bits per heavy atom. The highest BCUT2D eigenvalue weighted by molar-refractivity contribution is 6.74. The predicted octanol–water partition coefficient (Wildman–Crippen LogP) is 0.285. The second kappa shape index (κ2) is 7.91. The van der Waals surface area contributed by atoms with Crippen LogP contribution in [0.2, 0.25) is 18.1 Å². The van der Waals surface area contributed by atoms with Crippen LogP contribution in [0.25, 0.3) is 0 Å². The predicted molar refractivity (Wildman–Crippen MR) is 102 cm³/mol. The summed E-state index contributed by atoms with van der Waals surface area (Å²) in [6.45, 7) is 10.0. The van der Waals surface area contributed by atoms with E-state index in [1.165, 1.54) is 13.3 Å². The molecule has 1 aromatic heterocycles. The van der Waals surface area contributed by atoms with Crippen LogP contribution in [0.4, 0.5) is 0 Å². The Bertz CT molecular complexity index is 827. The molecule has 2 rings (SSSR count). The fourth-order valence-corrected chi connectivity index (χ4v) is 4.12. The molecule has 28 heavy (non-hydrogen) atoms. The molecule has 3 N–H and O–H groups in total. The summed E-state index contributed by atoms with van der Waals surface area (Å²) >= 11 is 0. The summed E-state index contributed by atoms with van der Waals surface area (Å²) in [6, 6.07) is 1.14. The number of methoxy groups -OCH3 is 1. The molecule has 0 bridgehead atoms. The van der Waals surface area contributed by atoms with Gasteiger partial charge in [0.15, 0.2) is 20.6 Å². The van der Waals surface area contributed by atoms with Crippen LogP contribution in [0, 0.1) is 0 Å². The monoisotopic (exact) mass is 416 g/mol. The lowest BCUT2D eigenvalue weighted by Gasteiger charge is -2.40. The van der Waals surface area contributed by atoms with Crippen molar-refractivity contribution in [2.75, 3.05) is 7.11 Å². The van der Waals surface area contributed by atoms with Gasteiger partial charge in [-0.3, -0.25) is 14.3 Å². The second-order valence-corrected chi connectivity index (χ2v) is 13.1. The van der Waals surface area contributed by atoms with E-state index < -0.39 is 56.2 Å². The molecule has 10 nitrogen and oxygen atoms in total. The van der Waals surface area contributed by atoms with Crippen molar-refractivity contribution in [3.8, 4) is 0 Å². The largest absolute Gasteiger partial charge is 0.479 e. The molecular formula is C17H28N2O8Si. The number of carboxylic acid groups (broad SMARTS) is 1. The smallest absolute Gasteiger partial charge is 0.335 e. The van der Waals surface area contributed by atoms with Gasteiger partial charge in [0, 0.05) is 19.4 Å². The topological polar surface area (TPSA) is 140 Å². The fourth-order valence-electron chi connectivity index (χ4n) is 2.81. The Morgan fingerprint density at radius 2 is 1.93 bits per heavy atom. The minimum atomic E-state index is -2.41. The van der Waals surface area contributed by atoms with Crippen molar-refractivity contribution in [2.45, 2.75) is 69.5 Å². The number of hydrogen-bond donors (Lipinski definition) is 3. The average Bonchev–Trinajstić information content (AvgIpc) is 2.90. The van der Waals surface area contributed by atoms with Crippen LogP contribution in [0.5, 0.6) is 0 Å². The highest BCUT2D eigenvalue weighted by Gasteiger charge is 2.54. The zero-order valence-corrected chi connectivity index (χ0v) is 17.8. The Morgan fingerprint density at radius 1 is 1.32 bits per heavy atom. The lowest BCUT2D eigenvalue weighted by Crippen LogP contribution is -2.52. The van der Waals surface area contributed by atoms with E-state index in [1.54, 1.807) is 0 Å². The lowest BCUT2D eigenvalue weighted by atomic mass is 10.1. The van der Waals surface area contributed by atoms with Crippen molar-refractivity contribution in [1.82, 2.24) is 9.55 Å². The van der Waals surface area contributed by atoms with Crippen molar-refractivity contribution in [1.29, 1.82) is 0 Å². The molecule has 1 fully saturated rings. The van der Waals surface area contributed by atoms with Gasteiger partial charge in [-0.05, 0) is 18.1 Å². The third kappa shape index (κ3) is 4.28. The quantitative estimate of drug-likeness (QED) is 0.562. The molecule has 158 valence electrons. The highest BCUT2D eigenvalue weighted by atomic mass is 28.4. The van der Waals surface area contributed by atoms with Gasteiger partial charge in [-0.15, -0.1) is 0 Å². The molecule has 1 saturated heterocycles. The van der Waals surface area contributed by atoms with Crippen LogP contribution in [-0.2, 0) is 18.7 Å². The van der Waals surface area contributed by atoms with E-state index in [9.17, 15) is 24.6 Å². The maximum atomic E-state index is 12.2. The number of carbonyl (C=O) groups is 1. The molecule has 11 heteroatoms. The molecular weight excluding hydrogens is 388 g/mol. The van der Waals surface area contributed by atoms with E-state index in [0.717, 1.165) is 10.6 Å². The summed E-state index contributed by atoms with van der Waals surface area (Å²) in [6.07, 6.45) is -4.80. The number of ether oxygens (including phenoxy) is 2. The summed E-state index contributed by atoms with van der Waals surface area (Å²) in [5, 5.41) is 19.3. The van der Waals surface area contributed by atoms with Crippen LogP contribution in [0.1, 0.15) is 27.0 Å². The molecule has 0 amide bonds. The number of aliphatic carboxylic acids is 1. The zero-order chi connectivity index (χ0) is 21.4. The maximum absolute atomic E-state index is 12.2. The van der Waals surface area contributed by atoms with Crippen molar-refractivity contribution in [3.05, 3.63) is 33.1 Å². The molecule has 1 unspecified atom stereocenters. The number of carboxylic acids is 1. The van der Waals surface area contributed by atoms with Crippen molar-refractivity contribution in [2.24, 2.45) is 0 Å². The maximum Gasteiger partial charge on any atom is 0.335 e. The molecule has 0 aliphatic carbocycles. The number of aliphatic hydroxyl groups is 1. The van der Waals surface area contributed by atoms with E-state index in [4.69, 9.17) is 13.9 Å². The van der Waals surface area contributed by atoms with Gasteiger partial charge in [0.25, 0.3) is 5.56 Å². The number of aromatic nitrogens is 2. The number of nitrogens with zero attached hydrogens (tertiary/aromatic N) is 1. The summed E-state index contributed by atoms with van der Waals surface area (Å²) in [5.74, 6) is -1.47. The van der Waals surface area contributed by atoms with Gasteiger partial charge < -0.3 is 24.1 Å². The molecule has 1 aliphatic rings. The van der Waals surface area contributed by atoms with E-state index in [0.29, 0.717) is 0 Å². The van der Waals surface area contributed by atoms with Crippen molar-refractivity contribution in [3.63, 3.8) is 0 Å². The van der Waals surface area contributed by atoms with E-state index in [-0.39, 0.29) is 5.04 Å². The molecule has 1 aromatic rings. The van der Waals surface area contributed by atoms with Crippen LogP contribution < -0.4 is 11.2 Å². The summed E-state index contributed by atoms with van der Waals surface area (Å²) in [5.41, 5.74) is -1.32. The van der Waals surface area contributed by atoms with Gasteiger partial charge in [-0.1, -0.05) is 20.8 Å². The third-order valence-electron chi connectivity index (χ3n) is 5.42. The van der Waals surface area contributed by atoms with E-state index in [1.807, 2.05) is 33.9 Å². The third-order valence-corrected chi connectivity index (χ3v) is 9.90. The molecule has 1 aliphatic heterocycles. The Balaban J connectivity index is 2.50. The number of H-pyrrole nitrogens is 1. The number of hydrogen-bond acceptors (Lipinski definition) is 7. The Labute approximate surface area is 163 Å². The first kappa shape index (κ1) is 22.5. The number of aliphatic hydroxyl groups excluding tert-OH is 1.